The van der Waals surface area contributed by atoms with Gasteiger partial charge in [0, 0.05) is 81.1 Å². The number of nitrogens with zero attached hydrogens (tertiary/aromatic N) is 4. The minimum atomic E-state index is -5.08. The molecule has 4 rings (SSSR count). The van der Waals surface area contributed by atoms with Crippen LogP contribution in [-0.2, 0) is 35.6 Å². The number of ether oxygens (including phenoxy) is 3. The van der Waals surface area contributed by atoms with Crippen molar-refractivity contribution in [2.75, 3.05) is 77.6 Å². The largest absolute Gasteiger partial charge is 0.490 e. The van der Waals surface area contributed by atoms with Crippen molar-refractivity contribution >= 4 is 32.5 Å². The van der Waals surface area contributed by atoms with Gasteiger partial charge >= 0.3 is 12.1 Å². The lowest BCUT2D eigenvalue weighted by atomic mass is 10.1. The molecule has 1 aliphatic heterocycles. The van der Waals surface area contributed by atoms with Gasteiger partial charge in [-0.25, -0.2) is 13.2 Å². The van der Waals surface area contributed by atoms with E-state index in [1.54, 1.807) is 30.6 Å². The number of carbonyl (C=O) groups is 1. The summed E-state index contributed by atoms with van der Waals surface area (Å²) < 4.78 is 77.6. The standard InChI is InChI=1S/C30H39N5O5S.C2HF3O2/c31-11-4-14-35(16-15-34-17-20-39-21-18-34)41(36,37)30-9-8-29(28-24-32-13-10-27(28)30)33-12-5-19-38-22-23-40-25-26-6-2-1-3-7-26;3-2(4,5)1(6)7/h1-3,6-10,13,24,33H,4-5,12,14-23,25H2;(H,6,7). The normalized spacial score (nSPS) is 13.9. The minimum absolute atomic E-state index is 0.128. The number of alkyl halides is 3. The molecule has 12 nitrogen and oxygen atoms in total. The van der Waals surface area contributed by atoms with E-state index < -0.39 is 22.2 Å². The first-order valence-electron chi connectivity index (χ1n) is 15.3. The predicted octanol–water partition coefficient (Wildman–Crippen LogP) is 4.14. The number of carboxylic acids is 1. The van der Waals surface area contributed by atoms with Crippen molar-refractivity contribution in [2.45, 2.75) is 30.5 Å². The van der Waals surface area contributed by atoms with E-state index in [9.17, 15) is 21.6 Å². The van der Waals surface area contributed by atoms with Gasteiger partial charge in [-0.2, -0.15) is 22.7 Å². The molecule has 0 unspecified atom stereocenters. The van der Waals surface area contributed by atoms with Gasteiger partial charge in [0.25, 0.3) is 0 Å². The Morgan fingerprint density at radius 2 is 1.75 bits per heavy atom. The lowest BCUT2D eigenvalue weighted by molar-refractivity contribution is -0.192. The van der Waals surface area contributed by atoms with Crippen molar-refractivity contribution in [3.05, 3.63) is 66.5 Å². The van der Waals surface area contributed by atoms with Crippen LogP contribution in [0.3, 0.4) is 0 Å². The third-order valence-electron chi connectivity index (χ3n) is 7.15. The maximum absolute atomic E-state index is 13.8. The van der Waals surface area contributed by atoms with E-state index in [1.165, 1.54) is 4.31 Å². The SMILES string of the molecule is N#CCCN(CCN1CCOCC1)S(=O)(=O)c1ccc(NCCCOCCOCc2ccccc2)c2cnccc12.O=C(O)C(F)(F)F. The summed E-state index contributed by atoms with van der Waals surface area (Å²) >= 11 is 0. The molecule has 0 radical (unpaired) electrons. The van der Waals surface area contributed by atoms with Crippen molar-refractivity contribution in [2.24, 2.45) is 0 Å². The van der Waals surface area contributed by atoms with Crippen LogP contribution in [0.2, 0.25) is 0 Å². The number of aliphatic carboxylic acids is 1. The van der Waals surface area contributed by atoms with Gasteiger partial charge in [-0.1, -0.05) is 30.3 Å². The first-order chi connectivity index (χ1) is 23.0. The second-order valence-electron chi connectivity index (χ2n) is 10.5. The molecule has 1 saturated heterocycles. The van der Waals surface area contributed by atoms with Gasteiger partial charge in [0.05, 0.1) is 44.0 Å². The molecule has 2 aromatic carbocycles. The second kappa shape index (κ2) is 19.8. The van der Waals surface area contributed by atoms with Crippen LogP contribution in [-0.4, -0.2) is 112 Å². The molecule has 0 aliphatic carbocycles. The van der Waals surface area contributed by atoms with Crippen LogP contribution in [0, 0.1) is 11.3 Å². The van der Waals surface area contributed by atoms with Gasteiger partial charge < -0.3 is 24.6 Å². The Hall–Kier alpha value is -3.85. The van der Waals surface area contributed by atoms with Gasteiger partial charge in [0.2, 0.25) is 10.0 Å². The number of hydrogen-bond acceptors (Lipinski definition) is 10. The average molecular weight is 696 g/mol. The van der Waals surface area contributed by atoms with Gasteiger partial charge in [0.15, 0.2) is 0 Å². The van der Waals surface area contributed by atoms with Crippen molar-refractivity contribution in [3.63, 3.8) is 0 Å². The summed E-state index contributed by atoms with van der Waals surface area (Å²) in [4.78, 5) is 15.6. The maximum Gasteiger partial charge on any atom is 0.490 e. The van der Waals surface area contributed by atoms with E-state index >= 15 is 0 Å². The molecule has 0 bridgehead atoms. The number of fused-ring (bicyclic) bond motifs is 1. The minimum Gasteiger partial charge on any atom is -0.475 e. The molecule has 2 N–H and O–H groups in total. The van der Waals surface area contributed by atoms with Crippen LogP contribution in [0.25, 0.3) is 10.8 Å². The summed E-state index contributed by atoms with van der Waals surface area (Å²) in [5.74, 6) is -2.76. The summed E-state index contributed by atoms with van der Waals surface area (Å²) in [7, 11) is -3.84. The molecule has 0 saturated carbocycles. The summed E-state index contributed by atoms with van der Waals surface area (Å²) in [6, 6.07) is 17.3. The highest BCUT2D eigenvalue weighted by Gasteiger charge is 2.38. The van der Waals surface area contributed by atoms with E-state index in [0.717, 1.165) is 36.1 Å². The van der Waals surface area contributed by atoms with E-state index in [-0.39, 0.29) is 17.9 Å². The van der Waals surface area contributed by atoms with Gasteiger partial charge in [-0.15, -0.1) is 0 Å². The van der Waals surface area contributed by atoms with Crippen LogP contribution in [0.4, 0.5) is 18.9 Å². The highest BCUT2D eigenvalue weighted by molar-refractivity contribution is 7.89. The summed E-state index contributed by atoms with van der Waals surface area (Å²) in [6.45, 7) is 6.77. The molecule has 262 valence electrons. The Morgan fingerprint density at radius 3 is 2.44 bits per heavy atom. The zero-order valence-corrected chi connectivity index (χ0v) is 27.2. The van der Waals surface area contributed by atoms with Crippen LogP contribution in [0.5, 0.6) is 0 Å². The number of nitriles is 1. The number of anilines is 1. The number of aromatic nitrogens is 1. The zero-order valence-electron chi connectivity index (χ0n) is 26.4. The molecule has 0 amide bonds. The Balaban J connectivity index is 0.000000804. The Bertz CT molecular complexity index is 1570. The average Bonchev–Trinajstić information content (AvgIpc) is 3.08. The number of pyridine rings is 1. The number of carboxylic acid groups (broad SMARTS) is 1. The van der Waals surface area contributed by atoms with E-state index in [0.29, 0.717) is 64.7 Å². The molecule has 1 aromatic heterocycles. The highest BCUT2D eigenvalue weighted by atomic mass is 32.2. The third-order valence-corrected chi connectivity index (χ3v) is 9.10. The quantitative estimate of drug-likeness (QED) is 0.196. The van der Waals surface area contributed by atoms with Crippen molar-refractivity contribution in [1.82, 2.24) is 14.2 Å². The maximum atomic E-state index is 13.8. The molecule has 1 fully saturated rings. The second-order valence-corrected chi connectivity index (χ2v) is 12.4. The van der Waals surface area contributed by atoms with Crippen LogP contribution in [0.15, 0.2) is 65.8 Å². The molecule has 0 atom stereocenters. The molecule has 3 aromatic rings. The highest BCUT2D eigenvalue weighted by Crippen LogP contribution is 2.31. The molecular weight excluding hydrogens is 655 g/mol. The molecule has 0 spiro atoms. The fourth-order valence-corrected chi connectivity index (χ4v) is 6.29. The van der Waals surface area contributed by atoms with Gasteiger partial charge in [0.1, 0.15) is 0 Å². The summed E-state index contributed by atoms with van der Waals surface area (Å²) in [5, 5.41) is 21.0. The van der Waals surface area contributed by atoms with Crippen molar-refractivity contribution < 1.29 is 45.7 Å². The van der Waals surface area contributed by atoms with Crippen LogP contribution in [0.1, 0.15) is 18.4 Å². The summed E-state index contributed by atoms with van der Waals surface area (Å²) in [5.41, 5.74) is 1.95. The van der Waals surface area contributed by atoms with E-state index in [2.05, 4.69) is 21.3 Å². The fourth-order valence-electron chi connectivity index (χ4n) is 4.67. The number of sulfonamides is 1. The van der Waals surface area contributed by atoms with E-state index in [4.69, 9.17) is 29.4 Å². The monoisotopic (exact) mass is 695 g/mol. The fraction of sp³-hybridized carbons (Fsp3) is 0.469. The third kappa shape index (κ3) is 12.6. The number of nitrogens with one attached hydrogen (secondary N) is 1. The topological polar surface area (TPSA) is 154 Å². The predicted molar refractivity (Wildman–Crippen MR) is 172 cm³/mol. The molecule has 16 heteroatoms. The lowest BCUT2D eigenvalue weighted by Gasteiger charge is -2.29. The van der Waals surface area contributed by atoms with Crippen molar-refractivity contribution in [3.8, 4) is 6.07 Å². The van der Waals surface area contributed by atoms with E-state index in [1.807, 2.05) is 30.3 Å². The van der Waals surface area contributed by atoms with Crippen molar-refractivity contribution in [1.29, 1.82) is 5.26 Å². The lowest BCUT2D eigenvalue weighted by Crippen LogP contribution is -2.43. The zero-order chi connectivity index (χ0) is 34.8. The Labute approximate surface area is 278 Å². The van der Waals surface area contributed by atoms with Crippen LogP contribution >= 0.6 is 0 Å². The molecule has 2 heterocycles. The number of rotatable bonds is 17. The number of morpholine rings is 1. The molecule has 48 heavy (non-hydrogen) atoms. The number of benzene rings is 2. The van der Waals surface area contributed by atoms with Crippen LogP contribution < -0.4 is 5.32 Å². The number of halogens is 3. The first-order valence-corrected chi connectivity index (χ1v) is 16.8. The summed E-state index contributed by atoms with van der Waals surface area (Å²) in [6.07, 6.45) is -0.885. The Kier molecular flexibility index (Phi) is 16.0. The first kappa shape index (κ1) is 38.6. The smallest absolute Gasteiger partial charge is 0.475 e. The van der Waals surface area contributed by atoms with Gasteiger partial charge in [-0.3, -0.25) is 9.88 Å². The molecule has 1 aliphatic rings. The number of hydrogen-bond donors (Lipinski definition) is 2. The van der Waals surface area contributed by atoms with Gasteiger partial charge in [-0.05, 0) is 30.2 Å². The molecular formula is C32H40F3N5O7S. The Morgan fingerprint density at radius 1 is 1.04 bits per heavy atom.